The molecule has 0 saturated heterocycles. The van der Waals surface area contributed by atoms with Crippen molar-refractivity contribution in [3.05, 3.63) is 90.0 Å². The van der Waals surface area contributed by atoms with Crippen molar-refractivity contribution in [2.75, 3.05) is 0 Å². The Morgan fingerprint density at radius 1 is 1.00 bits per heavy atom. The van der Waals surface area contributed by atoms with E-state index in [-0.39, 0.29) is 24.8 Å². The third kappa shape index (κ3) is 6.93. The van der Waals surface area contributed by atoms with Gasteiger partial charge in [-0.1, -0.05) is 35.4 Å². The maximum Gasteiger partial charge on any atom is -0.0253 e. The molecule has 0 aromatic heterocycles. The standard InChI is InChI=1S/C13H9.C5H5.C3H6.2ClH.Zr/c1-3-7-12-10(5-1)9-11-6-2-4-8-13(11)12;1-2-4-5-3-1;1-3-2;;;/h1-5,7-8H,9H2;1-5H;1H,3H2,2H3;2*1H;/q2*-1;;;;+2/p-2. The average Bonchev–Trinajstić information content (AvgIpc) is 3.26. The van der Waals surface area contributed by atoms with Gasteiger partial charge < -0.3 is 24.8 Å². The quantitative estimate of drug-likeness (QED) is 0.345. The Morgan fingerprint density at radius 3 is 2.21 bits per heavy atom. The Morgan fingerprint density at radius 2 is 1.62 bits per heavy atom. The van der Waals surface area contributed by atoms with Crippen molar-refractivity contribution in [1.29, 1.82) is 0 Å². The van der Waals surface area contributed by atoms with Gasteiger partial charge in [0.1, 0.15) is 0 Å². The number of hydrogen-bond donors (Lipinski definition) is 0. The molecular formula is C21H20Cl2Zr-2. The van der Waals surface area contributed by atoms with Gasteiger partial charge in [0.2, 0.25) is 0 Å². The van der Waals surface area contributed by atoms with Crippen LogP contribution in [-0.4, -0.2) is 3.71 Å². The second-order valence-electron chi connectivity index (χ2n) is 4.97. The Kier molecular flexibility index (Phi) is 12.9. The van der Waals surface area contributed by atoms with Gasteiger partial charge in [-0.25, -0.2) is 12.1 Å². The van der Waals surface area contributed by atoms with E-state index in [1.165, 1.54) is 28.7 Å². The predicted octanol–water partition coefficient (Wildman–Crippen LogP) is -0.783. The van der Waals surface area contributed by atoms with Crippen LogP contribution >= 0.6 is 0 Å². The molecule has 124 valence electrons. The summed E-state index contributed by atoms with van der Waals surface area (Å²) in [5.41, 5.74) is 5.51. The molecule has 0 bridgehead atoms. The summed E-state index contributed by atoms with van der Waals surface area (Å²) in [6.07, 6.45) is 2.28. The molecule has 0 heterocycles. The summed E-state index contributed by atoms with van der Waals surface area (Å²) >= 11 is 1.54. The summed E-state index contributed by atoms with van der Waals surface area (Å²) in [6, 6.07) is 28.1. The minimum atomic E-state index is 0. The molecule has 24 heavy (non-hydrogen) atoms. The van der Waals surface area contributed by atoms with Crippen LogP contribution in [0.1, 0.15) is 24.5 Å². The molecule has 3 aromatic carbocycles. The molecule has 0 radical (unpaired) electrons. The van der Waals surface area contributed by atoms with Gasteiger partial charge >= 0.3 is 41.3 Å². The van der Waals surface area contributed by atoms with E-state index in [1.807, 2.05) is 36.4 Å². The summed E-state index contributed by atoms with van der Waals surface area (Å²) in [5, 5.41) is 0. The molecule has 1 aliphatic rings. The molecule has 1 aliphatic carbocycles. The summed E-state index contributed by atoms with van der Waals surface area (Å²) in [5.74, 6) is 0. The first-order chi connectivity index (χ1) is 10.9. The predicted molar refractivity (Wildman–Crippen MR) is 91.9 cm³/mol. The van der Waals surface area contributed by atoms with E-state index in [0.29, 0.717) is 0 Å². The maximum absolute atomic E-state index is 3.30. The molecular weight excluding hydrogens is 414 g/mol. The number of rotatable bonds is 1. The Balaban J connectivity index is 0.000000409. The second-order valence-corrected chi connectivity index (χ2v) is 5.97. The topological polar surface area (TPSA) is 0 Å². The van der Waals surface area contributed by atoms with E-state index in [0.717, 1.165) is 6.42 Å². The Labute approximate surface area is 172 Å². The fourth-order valence-corrected chi connectivity index (χ4v) is 2.32. The van der Waals surface area contributed by atoms with Crippen LogP contribution in [0.3, 0.4) is 0 Å². The van der Waals surface area contributed by atoms with Crippen molar-refractivity contribution >= 4 is 3.71 Å². The van der Waals surface area contributed by atoms with Crippen LogP contribution in [0.25, 0.3) is 11.1 Å². The van der Waals surface area contributed by atoms with Crippen LogP contribution in [0.4, 0.5) is 0 Å². The van der Waals surface area contributed by atoms with E-state index in [1.54, 1.807) is 24.2 Å². The summed E-state index contributed by atoms with van der Waals surface area (Å²) in [6.45, 7) is 2.15. The van der Waals surface area contributed by atoms with Gasteiger partial charge in [0.15, 0.2) is 0 Å². The minimum Gasteiger partial charge on any atom is -1.00 e. The van der Waals surface area contributed by atoms with Gasteiger partial charge in [-0.3, -0.25) is 0 Å². The van der Waals surface area contributed by atoms with Gasteiger partial charge in [-0.15, -0.1) is 5.56 Å². The van der Waals surface area contributed by atoms with Gasteiger partial charge in [0.25, 0.3) is 0 Å². The maximum atomic E-state index is 3.30. The first-order valence-electron chi connectivity index (χ1n) is 7.60. The average molecular weight is 435 g/mol. The van der Waals surface area contributed by atoms with Crippen molar-refractivity contribution < 1.29 is 49.0 Å². The SMILES string of the molecule is CC[CH]=[Zr+2].[Cl-].[Cl-].[c-]1cccc2c1Cc1ccccc1-2.c1cc[cH-]c1. The first-order valence-corrected chi connectivity index (χ1v) is 9.02. The zero-order valence-electron chi connectivity index (χ0n) is 13.7. The third-order valence-corrected chi connectivity index (χ3v) is 4.38. The largest absolute Gasteiger partial charge is 1.00 e. The zero-order valence-corrected chi connectivity index (χ0v) is 17.6. The number of halogens is 2. The van der Waals surface area contributed by atoms with Crippen LogP contribution in [0.15, 0.2) is 72.8 Å². The fraction of sp³-hybridized carbons (Fsp3) is 0.143. The third-order valence-electron chi connectivity index (χ3n) is 3.38. The molecule has 0 nitrogen and oxygen atoms in total. The van der Waals surface area contributed by atoms with E-state index >= 15 is 0 Å². The van der Waals surface area contributed by atoms with Crippen LogP contribution in [-0.2, 0) is 30.7 Å². The molecule has 0 amide bonds. The minimum absolute atomic E-state index is 0. The van der Waals surface area contributed by atoms with Crippen LogP contribution in [0.2, 0.25) is 0 Å². The van der Waals surface area contributed by atoms with Crippen molar-refractivity contribution in [3.8, 4) is 11.1 Å². The molecule has 0 atom stereocenters. The number of hydrogen-bond acceptors (Lipinski definition) is 0. The number of fused-ring (bicyclic) bond motifs is 3. The Hall–Kier alpha value is -0.877. The number of benzene rings is 2. The van der Waals surface area contributed by atoms with Crippen molar-refractivity contribution in [1.82, 2.24) is 0 Å². The van der Waals surface area contributed by atoms with E-state index in [2.05, 4.69) is 53.1 Å². The van der Waals surface area contributed by atoms with Gasteiger partial charge in [-0.2, -0.15) is 48.0 Å². The summed E-state index contributed by atoms with van der Waals surface area (Å²) < 4.78 is 2.22. The molecule has 0 aliphatic heterocycles. The molecule has 0 spiro atoms. The van der Waals surface area contributed by atoms with Gasteiger partial charge in [-0.05, 0) is 6.42 Å². The molecule has 0 unspecified atom stereocenters. The smallest absolute Gasteiger partial charge is 0.0253 e. The van der Waals surface area contributed by atoms with Crippen LogP contribution in [0, 0.1) is 6.07 Å². The van der Waals surface area contributed by atoms with Crippen molar-refractivity contribution in [2.45, 2.75) is 19.8 Å². The van der Waals surface area contributed by atoms with Gasteiger partial charge in [0.05, 0.1) is 0 Å². The zero-order chi connectivity index (χ0) is 15.6. The van der Waals surface area contributed by atoms with E-state index < -0.39 is 0 Å². The molecule has 0 fully saturated rings. The van der Waals surface area contributed by atoms with Crippen LogP contribution in [0.5, 0.6) is 0 Å². The molecule has 4 rings (SSSR count). The summed E-state index contributed by atoms with van der Waals surface area (Å²) in [7, 11) is 0. The molecule has 0 N–H and O–H groups in total. The van der Waals surface area contributed by atoms with Gasteiger partial charge in [0, 0.05) is 0 Å². The molecule has 3 heteroatoms. The normalized spacial score (nSPS) is 9.46. The first kappa shape index (κ1) is 23.1. The Bertz CT molecular complexity index is 630. The molecule has 3 aromatic rings. The monoisotopic (exact) mass is 432 g/mol. The van der Waals surface area contributed by atoms with Crippen molar-refractivity contribution in [3.63, 3.8) is 0 Å². The fourth-order valence-electron chi connectivity index (χ4n) is 2.32. The van der Waals surface area contributed by atoms with E-state index in [9.17, 15) is 0 Å². The summed E-state index contributed by atoms with van der Waals surface area (Å²) in [4.78, 5) is 0. The molecule has 0 saturated carbocycles. The van der Waals surface area contributed by atoms with Crippen LogP contribution < -0.4 is 24.8 Å². The van der Waals surface area contributed by atoms with Crippen molar-refractivity contribution in [2.24, 2.45) is 0 Å². The van der Waals surface area contributed by atoms with E-state index in [4.69, 9.17) is 0 Å². The second kappa shape index (κ2) is 13.4.